The second-order valence-electron chi connectivity index (χ2n) is 3.38. The Kier molecular flexibility index (Phi) is 10.4. The van der Waals surface area contributed by atoms with Crippen molar-refractivity contribution in [3.05, 3.63) is 71.8 Å². The molecule has 0 bridgehead atoms. The van der Waals surface area contributed by atoms with E-state index in [2.05, 4.69) is 60.7 Å². The van der Waals surface area contributed by atoms with E-state index >= 15 is 0 Å². The van der Waals surface area contributed by atoms with Gasteiger partial charge in [-0.3, -0.25) is 0 Å². The van der Waals surface area contributed by atoms with Crippen molar-refractivity contribution < 1.29 is 4.79 Å². The first-order chi connectivity index (χ1) is 8.86. The Morgan fingerprint density at radius 1 is 0.778 bits per heavy atom. The lowest BCUT2D eigenvalue weighted by Crippen LogP contribution is -1.85. The molecule has 0 heterocycles. The van der Waals surface area contributed by atoms with Gasteiger partial charge in [-0.15, -0.1) is 0 Å². The maximum absolute atomic E-state index is 8.81. The third-order valence-corrected chi connectivity index (χ3v) is 2.09. The number of hydrogen-bond acceptors (Lipinski definition) is 1. The first-order valence-corrected chi connectivity index (χ1v) is 6.34. The molecule has 2 aromatic rings. The highest BCUT2D eigenvalue weighted by molar-refractivity contribution is 5.44. The van der Waals surface area contributed by atoms with Crippen molar-refractivity contribution in [3.8, 4) is 0 Å². The van der Waals surface area contributed by atoms with Crippen LogP contribution < -0.4 is 0 Å². The van der Waals surface area contributed by atoms with Gasteiger partial charge < -0.3 is 4.79 Å². The molecule has 0 aliphatic carbocycles. The van der Waals surface area contributed by atoms with Crippen LogP contribution in [0.15, 0.2) is 60.7 Å². The Morgan fingerprint density at radius 3 is 1.33 bits per heavy atom. The van der Waals surface area contributed by atoms with Crippen LogP contribution in [-0.4, -0.2) is 6.29 Å². The molecule has 96 valence electrons. The average Bonchev–Trinajstić information content (AvgIpc) is 2.44. The standard InChI is InChI=1S/C13H12.C2H4O.C2H6/c1-3-7-12(8-4-1)11-13-9-5-2-6-10-13;1-2-3;1-2/h1-10H,11H2;2H,1H3;1-2H3. The summed E-state index contributed by atoms with van der Waals surface area (Å²) < 4.78 is 0. The van der Waals surface area contributed by atoms with E-state index in [4.69, 9.17) is 4.79 Å². The molecule has 0 spiro atoms. The molecule has 2 rings (SSSR count). The summed E-state index contributed by atoms with van der Waals surface area (Å²) in [6, 6.07) is 21.1. The molecule has 0 aromatic heterocycles. The van der Waals surface area contributed by atoms with E-state index in [0.29, 0.717) is 0 Å². The predicted molar refractivity (Wildman–Crippen MR) is 78.8 cm³/mol. The van der Waals surface area contributed by atoms with Gasteiger partial charge in [-0.2, -0.15) is 0 Å². The molecule has 0 saturated heterocycles. The zero-order chi connectivity index (χ0) is 13.6. The normalized spacial score (nSPS) is 8.17. The zero-order valence-corrected chi connectivity index (χ0v) is 11.5. The summed E-state index contributed by atoms with van der Waals surface area (Å²) >= 11 is 0. The van der Waals surface area contributed by atoms with Crippen LogP contribution in [0.4, 0.5) is 0 Å². The smallest absolute Gasteiger partial charge is 0.116 e. The molecule has 1 nitrogen and oxygen atoms in total. The highest BCUT2D eigenvalue weighted by atomic mass is 16.1. The first-order valence-electron chi connectivity index (χ1n) is 6.34. The van der Waals surface area contributed by atoms with Crippen LogP contribution in [0.3, 0.4) is 0 Å². The molecule has 0 radical (unpaired) electrons. The topological polar surface area (TPSA) is 17.1 Å². The summed E-state index contributed by atoms with van der Waals surface area (Å²) in [5, 5.41) is 0. The highest BCUT2D eigenvalue weighted by Gasteiger charge is 1.92. The Hall–Kier alpha value is -1.89. The third kappa shape index (κ3) is 7.39. The van der Waals surface area contributed by atoms with Gasteiger partial charge >= 0.3 is 0 Å². The maximum atomic E-state index is 8.81. The Labute approximate surface area is 110 Å². The molecule has 2 aromatic carbocycles. The molecule has 1 heteroatoms. The number of rotatable bonds is 2. The number of aldehydes is 1. The molecular formula is C17H22O. The molecule has 0 atom stereocenters. The van der Waals surface area contributed by atoms with E-state index in [9.17, 15) is 0 Å². The molecule has 0 aliphatic rings. The molecule has 0 amide bonds. The summed E-state index contributed by atoms with van der Waals surface area (Å²) in [4.78, 5) is 8.81. The molecule has 0 saturated carbocycles. The lowest BCUT2D eigenvalue weighted by Gasteiger charge is -2.00. The van der Waals surface area contributed by atoms with E-state index in [-0.39, 0.29) is 0 Å². The van der Waals surface area contributed by atoms with Crippen LogP contribution in [0.2, 0.25) is 0 Å². The monoisotopic (exact) mass is 242 g/mol. The molecule has 18 heavy (non-hydrogen) atoms. The van der Waals surface area contributed by atoms with Crippen molar-refractivity contribution in [2.75, 3.05) is 0 Å². The second-order valence-corrected chi connectivity index (χ2v) is 3.38. The molecule has 0 unspecified atom stereocenters. The van der Waals surface area contributed by atoms with Gasteiger partial charge in [0.2, 0.25) is 0 Å². The van der Waals surface area contributed by atoms with Crippen molar-refractivity contribution >= 4 is 6.29 Å². The van der Waals surface area contributed by atoms with Crippen LogP contribution in [0.1, 0.15) is 31.9 Å². The van der Waals surface area contributed by atoms with Crippen molar-refractivity contribution in [1.29, 1.82) is 0 Å². The van der Waals surface area contributed by atoms with Crippen LogP contribution in [0, 0.1) is 0 Å². The van der Waals surface area contributed by atoms with Crippen molar-refractivity contribution in [2.24, 2.45) is 0 Å². The van der Waals surface area contributed by atoms with E-state index in [1.165, 1.54) is 18.1 Å². The second kappa shape index (κ2) is 11.6. The SMILES string of the molecule is CC.CC=O.c1ccc(Cc2ccccc2)cc1. The third-order valence-electron chi connectivity index (χ3n) is 2.09. The summed E-state index contributed by atoms with van der Waals surface area (Å²) in [6.45, 7) is 5.44. The van der Waals surface area contributed by atoms with Crippen LogP contribution in [0.5, 0.6) is 0 Å². The fourth-order valence-corrected chi connectivity index (χ4v) is 1.43. The number of carbonyl (C=O) groups is 1. The average molecular weight is 242 g/mol. The van der Waals surface area contributed by atoms with Crippen molar-refractivity contribution in [3.63, 3.8) is 0 Å². The minimum atomic E-state index is 0.750. The van der Waals surface area contributed by atoms with E-state index in [1.807, 2.05) is 13.8 Å². The van der Waals surface area contributed by atoms with Gasteiger partial charge in [-0.25, -0.2) is 0 Å². The predicted octanol–water partition coefficient (Wildman–Crippen LogP) is 4.51. The summed E-state index contributed by atoms with van der Waals surface area (Å²) in [5.41, 5.74) is 2.74. The molecule has 0 N–H and O–H groups in total. The quantitative estimate of drug-likeness (QED) is 0.708. The molecular weight excluding hydrogens is 220 g/mol. The largest absolute Gasteiger partial charge is 0.304 e. The number of benzene rings is 2. The van der Waals surface area contributed by atoms with Crippen molar-refractivity contribution in [1.82, 2.24) is 0 Å². The first kappa shape index (κ1) is 16.1. The summed E-state index contributed by atoms with van der Waals surface area (Å²) in [5.74, 6) is 0. The lowest BCUT2D eigenvalue weighted by atomic mass is 10.1. The molecule has 0 aliphatic heterocycles. The Morgan fingerprint density at radius 2 is 1.06 bits per heavy atom. The molecule has 0 fully saturated rings. The number of carbonyl (C=O) groups excluding carboxylic acids is 1. The van der Waals surface area contributed by atoms with Gasteiger partial charge in [0.1, 0.15) is 6.29 Å². The van der Waals surface area contributed by atoms with E-state index in [0.717, 1.165) is 12.7 Å². The maximum Gasteiger partial charge on any atom is 0.116 e. The lowest BCUT2D eigenvalue weighted by molar-refractivity contribution is -0.106. The van der Waals surface area contributed by atoms with Crippen LogP contribution in [0.25, 0.3) is 0 Å². The van der Waals surface area contributed by atoms with Gasteiger partial charge in [-0.05, 0) is 24.5 Å². The van der Waals surface area contributed by atoms with Crippen LogP contribution in [-0.2, 0) is 11.2 Å². The van der Waals surface area contributed by atoms with E-state index < -0.39 is 0 Å². The van der Waals surface area contributed by atoms with Gasteiger partial charge in [0.25, 0.3) is 0 Å². The minimum Gasteiger partial charge on any atom is -0.304 e. The zero-order valence-electron chi connectivity index (χ0n) is 11.5. The highest BCUT2D eigenvalue weighted by Crippen LogP contribution is 2.07. The number of hydrogen-bond donors (Lipinski definition) is 0. The summed E-state index contributed by atoms with van der Waals surface area (Å²) in [7, 11) is 0. The fraction of sp³-hybridized carbons (Fsp3) is 0.235. The Bertz CT molecular complexity index is 355. The van der Waals surface area contributed by atoms with Gasteiger partial charge in [-0.1, -0.05) is 74.5 Å². The Balaban J connectivity index is 0.000000509. The fourth-order valence-electron chi connectivity index (χ4n) is 1.43. The van der Waals surface area contributed by atoms with Gasteiger partial charge in [0.15, 0.2) is 0 Å². The van der Waals surface area contributed by atoms with Gasteiger partial charge in [0, 0.05) is 0 Å². The van der Waals surface area contributed by atoms with Crippen LogP contribution >= 0.6 is 0 Å². The summed E-state index contributed by atoms with van der Waals surface area (Å²) in [6.07, 6.45) is 1.78. The van der Waals surface area contributed by atoms with Crippen molar-refractivity contribution in [2.45, 2.75) is 27.2 Å². The minimum absolute atomic E-state index is 0.750. The van der Waals surface area contributed by atoms with Gasteiger partial charge in [0.05, 0.1) is 0 Å². The van der Waals surface area contributed by atoms with E-state index in [1.54, 1.807) is 0 Å².